The van der Waals surface area contributed by atoms with E-state index in [2.05, 4.69) is 42.4 Å². The monoisotopic (exact) mass is 451 g/mol. The van der Waals surface area contributed by atoms with Crippen molar-refractivity contribution in [3.05, 3.63) is 103 Å². The van der Waals surface area contributed by atoms with Gasteiger partial charge in [0.15, 0.2) is 0 Å². The number of non-ortho nitro benzene ring substituents is 1. The van der Waals surface area contributed by atoms with Gasteiger partial charge >= 0.3 is 11.4 Å². The lowest BCUT2D eigenvalue weighted by Gasteiger charge is -1.98. The van der Waals surface area contributed by atoms with Gasteiger partial charge in [0.25, 0.3) is 11.4 Å². The molecular formula is C21H17N5O7. The molecule has 0 aliphatic heterocycles. The average molecular weight is 451 g/mol. The van der Waals surface area contributed by atoms with Gasteiger partial charge in [-0.2, -0.15) is 0 Å². The predicted octanol–water partition coefficient (Wildman–Crippen LogP) is 4.68. The number of imidazole rings is 1. The van der Waals surface area contributed by atoms with Crippen LogP contribution in [0.15, 0.2) is 67.0 Å². The van der Waals surface area contributed by atoms with E-state index in [9.17, 15) is 30.3 Å². The summed E-state index contributed by atoms with van der Waals surface area (Å²) in [5.41, 5.74) is 1.54. The van der Waals surface area contributed by atoms with Crippen LogP contribution in [0.2, 0.25) is 0 Å². The van der Waals surface area contributed by atoms with Gasteiger partial charge in [0.05, 0.1) is 32.6 Å². The van der Waals surface area contributed by atoms with Crippen molar-refractivity contribution >= 4 is 22.7 Å². The molecule has 0 fully saturated rings. The zero-order valence-corrected chi connectivity index (χ0v) is 17.2. The second-order valence-corrected chi connectivity index (χ2v) is 6.75. The minimum absolute atomic E-state index is 0.447. The third kappa shape index (κ3) is 5.07. The van der Waals surface area contributed by atoms with Crippen molar-refractivity contribution in [3.63, 3.8) is 0 Å². The first kappa shape index (κ1) is 22.8. The van der Waals surface area contributed by atoms with Crippen LogP contribution in [0.1, 0.15) is 12.5 Å². The van der Waals surface area contributed by atoms with Crippen LogP contribution < -0.4 is 0 Å². The fraction of sp³-hybridized carbons (Fsp3) is 0.0952. The highest BCUT2D eigenvalue weighted by molar-refractivity contribution is 5.65. The minimum Gasteiger partial charge on any atom is -0.497 e. The molecule has 4 aromatic rings. The Morgan fingerprint density at radius 1 is 0.909 bits per heavy atom. The first-order chi connectivity index (χ1) is 15.7. The van der Waals surface area contributed by atoms with Crippen molar-refractivity contribution < 1.29 is 19.9 Å². The third-order valence-corrected chi connectivity index (χ3v) is 4.68. The topological polar surface area (TPSA) is 167 Å². The lowest BCUT2D eigenvalue weighted by Crippen LogP contribution is -1.97. The van der Waals surface area contributed by atoms with Crippen LogP contribution >= 0.6 is 0 Å². The summed E-state index contributed by atoms with van der Waals surface area (Å²) in [4.78, 5) is 32.4. The Labute approximate surface area is 185 Å². The number of hydrogen-bond donors (Lipinski definition) is 1. The maximum atomic E-state index is 10.4. The molecule has 12 nitrogen and oxygen atoms in total. The van der Waals surface area contributed by atoms with Gasteiger partial charge < -0.3 is 9.51 Å². The van der Waals surface area contributed by atoms with Gasteiger partial charge in [-0.3, -0.25) is 30.3 Å². The van der Waals surface area contributed by atoms with Crippen molar-refractivity contribution in [2.75, 3.05) is 0 Å². The molecule has 4 rings (SSSR count). The van der Waals surface area contributed by atoms with Crippen molar-refractivity contribution in [2.45, 2.75) is 13.3 Å². The van der Waals surface area contributed by atoms with E-state index in [4.69, 9.17) is 5.11 Å². The number of aryl methyl sites for hydroxylation is 1. The van der Waals surface area contributed by atoms with Crippen LogP contribution in [0, 0.1) is 30.3 Å². The van der Waals surface area contributed by atoms with Crippen LogP contribution in [0.25, 0.3) is 16.9 Å². The van der Waals surface area contributed by atoms with Crippen molar-refractivity contribution in [3.8, 4) is 17.0 Å². The fourth-order valence-corrected chi connectivity index (χ4v) is 2.96. The Kier molecular flexibility index (Phi) is 6.57. The van der Waals surface area contributed by atoms with E-state index in [-0.39, 0.29) is 0 Å². The second kappa shape index (κ2) is 9.51. The first-order valence-electron chi connectivity index (χ1n) is 9.54. The number of aromatic nitrogens is 2. The number of nitrogens with zero attached hydrogens (tertiary/aromatic N) is 5. The molecule has 33 heavy (non-hydrogen) atoms. The number of rotatable bonds is 5. The van der Waals surface area contributed by atoms with Gasteiger partial charge in [0.2, 0.25) is 0 Å². The van der Waals surface area contributed by atoms with Crippen molar-refractivity contribution in [2.24, 2.45) is 0 Å². The quantitative estimate of drug-likeness (QED) is 0.337. The van der Waals surface area contributed by atoms with E-state index in [1.165, 1.54) is 11.1 Å². The predicted molar refractivity (Wildman–Crippen MR) is 118 cm³/mol. The summed E-state index contributed by atoms with van der Waals surface area (Å²) in [6.07, 6.45) is 5.16. The Bertz CT molecular complexity index is 1280. The van der Waals surface area contributed by atoms with E-state index >= 15 is 0 Å². The molecule has 2 heterocycles. The van der Waals surface area contributed by atoms with Gasteiger partial charge in [-0.05, 0) is 24.1 Å². The minimum atomic E-state index is -1.21. The molecule has 168 valence electrons. The van der Waals surface area contributed by atoms with Crippen LogP contribution in [-0.4, -0.2) is 29.3 Å². The van der Waals surface area contributed by atoms with Crippen LogP contribution in [0.3, 0.4) is 0 Å². The number of nitro groups is 3. The molecule has 0 aliphatic rings. The standard InChI is InChI=1S/C15H14N2.C6H3N3O7/c1-2-12-6-8-13(9-7-12)14-11-17-10-4-3-5-15(17)16-14;10-6-4(8(13)14)1-3(7(11)12)2-5(6)9(15)16/h3-11H,2H2,1H3;1-2,10H. The maximum absolute atomic E-state index is 10.4. The maximum Gasteiger partial charge on any atom is 0.324 e. The lowest BCUT2D eigenvalue weighted by molar-refractivity contribution is -0.404. The number of phenols is 1. The van der Waals surface area contributed by atoms with Crippen LogP contribution in [-0.2, 0) is 6.42 Å². The summed E-state index contributed by atoms with van der Waals surface area (Å²) >= 11 is 0. The lowest BCUT2D eigenvalue weighted by atomic mass is 10.1. The summed E-state index contributed by atoms with van der Waals surface area (Å²) in [5, 5.41) is 40.2. The molecule has 1 N–H and O–H groups in total. The summed E-state index contributed by atoms with van der Waals surface area (Å²) in [5.74, 6) is -1.21. The SMILES string of the molecule is CCc1ccc(-c2cn3ccccc3n2)cc1.O=[N+]([O-])c1cc([N+](=O)[O-])c(O)c([N+](=O)[O-])c1. The highest BCUT2D eigenvalue weighted by atomic mass is 16.6. The number of fused-ring (bicyclic) bond motifs is 1. The molecule has 0 amide bonds. The molecule has 0 aliphatic carbocycles. The summed E-state index contributed by atoms with van der Waals surface area (Å²) in [6, 6.07) is 15.5. The molecular weight excluding hydrogens is 434 g/mol. The molecule has 12 heteroatoms. The molecule has 0 saturated carbocycles. The van der Waals surface area contributed by atoms with Crippen LogP contribution in [0.5, 0.6) is 5.75 Å². The normalized spacial score (nSPS) is 10.3. The first-order valence-corrected chi connectivity index (χ1v) is 9.54. The van der Waals surface area contributed by atoms with Gasteiger partial charge in [0, 0.05) is 18.0 Å². The zero-order chi connectivity index (χ0) is 24.1. The Morgan fingerprint density at radius 3 is 2.00 bits per heavy atom. The van der Waals surface area contributed by atoms with E-state index in [1.807, 2.05) is 28.8 Å². The van der Waals surface area contributed by atoms with Gasteiger partial charge in [-0.25, -0.2) is 4.98 Å². The zero-order valence-electron chi connectivity index (χ0n) is 17.2. The highest BCUT2D eigenvalue weighted by Crippen LogP contribution is 2.38. The summed E-state index contributed by atoms with van der Waals surface area (Å²) in [7, 11) is 0. The Balaban J connectivity index is 0.000000186. The van der Waals surface area contributed by atoms with E-state index < -0.39 is 37.6 Å². The van der Waals surface area contributed by atoms with E-state index in [0.717, 1.165) is 17.8 Å². The third-order valence-electron chi connectivity index (χ3n) is 4.68. The number of pyridine rings is 1. The average Bonchev–Trinajstić information content (AvgIpc) is 3.23. The highest BCUT2D eigenvalue weighted by Gasteiger charge is 2.30. The molecule has 0 saturated heterocycles. The van der Waals surface area contributed by atoms with E-state index in [1.54, 1.807) is 0 Å². The van der Waals surface area contributed by atoms with Gasteiger partial charge in [0.1, 0.15) is 5.65 Å². The number of phenolic OH excluding ortho intramolecular Hbond substituents is 1. The summed E-state index contributed by atoms with van der Waals surface area (Å²) < 4.78 is 2.04. The Hall–Kier alpha value is -4.87. The molecule has 0 atom stereocenters. The summed E-state index contributed by atoms with van der Waals surface area (Å²) in [6.45, 7) is 2.17. The van der Waals surface area contributed by atoms with Gasteiger partial charge in [-0.15, -0.1) is 0 Å². The fourth-order valence-electron chi connectivity index (χ4n) is 2.96. The van der Waals surface area contributed by atoms with Gasteiger partial charge in [-0.1, -0.05) is 37.3 Å². The molecule has 2 aromatic heterocycles. The second-order valence-electron chi connectivity index (χ2n) is 6.75. The molecule has 0 radical (unpaired) electrons. The molecule has 0 unspecified atom stereocenters. The van der Waals surface area contributed by atoms with Crippen molar-refractivity contribution in [1.82, 2.24) is 9.38 Å². The largest absolute Gasteiger partial charge is 0.497 e. The van der Waals surface area contributed by atoms with Crippen LogP contribution in [0.4, 0.5) is 17.1 Å². The number of benzene rings is 2. The number of nitro benzene ring substituents is 3. The number of hydrogen-bond acceptors (Lipinski definition) is 8. The molecule has 2 aromatic carbocycles. The van der Waals surface area contributed by atoms with E-state index in [0.29, 0.717) is 12.1 Å². The number of aromatic hydroxyl groups is 1. The smallest absolute Gasteiger partial charge is 0.324 e. The molecule has 0 bridgehead atoms. The van der Waals surface area contributed by atoms with Crippen molar-refractivity contribution in [1.29, 1.82) is 0 Å². The molecule has 0 spiro atoms. The Morgan fingerprint density at radius 2 is 1.52 bits per heavy atom.